The van der Waals surface area contributed by atoms with E-state index in [0.717, 1.165) is 0 Å². The molecule has 3 rings (SSSR count). The first-order chi connectivity index (χ1) is 10.3. The van der Waals surface area contributed by atoms with Crippen molar-refractivity contribution in [1.29, 1.82) is 0 Å². The fraction of sp³-hybridized carbons (Fsp3) is 0.500. The van der Waals surface area contributed by atoms with Gasteiger partial charge in [-0.15, -0.1) is 0 Å². The molecule has 0 amide bonds. The van der Waals surface area contributed by atoms with Gasteiger partial charge in [0.15, 0.2) is 11.5 Å². The molecule has 22 heavy (non-hydrogen) atoms. The van der Waals surface area contributed by atoms with Crippen LogP contribution in [0.3, 0.4) is 0 Å². The van der Waals surface area contributed by atoms with E-state index in [1.165, 1.54) is 12.7 Å². The largest absolute Gasteiger partial charge is 0.390 e. The van der Waals surface area contributed by atoms with Crippen LogP contribution in [-0.2, 0) is 21.1 Å². The zero-order valence-electron chi connectivity index (χ0n) is 11.2. The fourth-order valence-electron chi connectivity index (χ4n) is 2.29. The van der Waals surface area contributed by atoms with Crippen LogP contribution < -0.4 is 5.73 Å². The van der Waals surface area contributed by atoms with Crippen LogP contribution in [0.1, 0.15) is 12.6 Å². The van der Waals surface area contributed by atoms with Gasteiger partial charge in [0.2, 0.25) is 0 Å². The highest BCUT2D eigenvalue weighted by Crippen LogP contribution is 2.39. The summed E-state index contributed by atoms with van der Waals surface area (Å²) in [7, 11) is 0. The Morgan fingerprint density at radius 2 is 2.23 bits per heavy atom. The van der Waals surface area contributed by atoms with E-state index >= 15 is 0 Å². The molecule has 3 atom stereocenters. The van der Waals surface area contributed by atoms with Gasteiger partial charge in [-0.3, -0.25) is 4.57 Å². The summed E-state index contributed by atoms with van der Waals surface area (Å²) < 4.78 is 12.0. The Bertz CT molecular complexity index is 736. The molecule has 5 N–H and O–H groups in total. The van der Waals surface area contributed by atoms with Crippen LogP contribution in [-0.4, -0.2) is 53.2 Å². The first-order valence-electron chi connectivity index (χ1n) is 6.32. The Labute approximate surface area is 129 Å². The number of anilines is 1. The van der Waals surface area contributed by atoms with Crippen molar-refractivity contribution in [3.63, 3.8) is 0 Å². The van der Waals surface area contributed by atoms with E-state index in [4.69, 9.17) is 24.8 Å². The second-order valence-corrected chi connectivity index (χ2v) is 7.47. The summed E-state index contributed by atoms with van der Waals surface area (Å²) in [5.74, 6) is 0.253. The fourth-order valence-corrected chi connectivity index (χ4v) is 2.81. The molecule has 0 spiro atoms. The molecule has 12 heteroatoms. The third-order valence-electron chi connectivity index (χ3n) is 3.31. The standard InChI is InChI=1S/C10H14N5O5PS/c11-9-8-10(13-3-12-9)15(4-14-8)7-1-5(16)6(20-7)2-19-21(17,18)22/h3-7,16H,1-2H2,(H2,11,12,13)(H2,17,18,22)/t5-,6?,7-/m1/s1. The highest BCUT2D eigenvalue weighted by atomic mass is 32.5. The highest BCUT2D eigenvalue weighted by molar-refractivity contribution is 8.06. The number of aliphatic hydroxyl groups is 1. The van der Waals surface area contributed by atoms with Crippen LogP contribution in [0.4, 0.5) is 5.82 Å². The summed E-state index contributed by atoms with van der Waals surface area (Å²) in [5, 5.41) is 10.0. The van der Waals surface area contributed by atoms with Crippen LogP contribution in [0.2, 0.25) is 0 Å². The summed E-state index contributed by atoms with van der Waals surface area (Å²) in [6.07, 6.45) is 0.974. The molecule has 1 aliphatic rings. The number of ether oxygens (including phenoxy) is 1. The summed E-state index contributed by atoms with van der Waals surface area (Å²) in [5.41, 5.74) is 6.65. The van der Waals surface area contributed by atoms with Crippen LogP contribution in [0.5, 0.6) is 0 Å². The Balaban J connectivity index is 1.78. The first-order valence-corrected chi connectivity index (χ1v) is 8.94. The Hall–Kier alpha value is -1.20. The van der Waals surface area contributed by atoms with Crippen molar-refractivity contribution in [2.24, 2.45) is 0 Å². The maximum atomic E-state index is 10.0. The van der Waals surface area contributed by atoms with E-state index in [0.29, 0.717) is 11.2 Å². The van der Waals surface area contributed by atoms with Gasteiger partial charge in [-0.2, -0.15) is 0 Å². The average Bonchev–Trinajstić information content (AvgIpc) is 3.00. The monoisotopic (exact) mass is 347 g/mol. The van der Waals surface area contributed by atoms with Gasteiger partial charge >= 0.3 is 6.72 Å². The lowest BCUT2D eigenvalue weighted by atomic mass is 10.2. The Kier molecular flexibility index (Phi) is 4.12. The molecule has 120 valence electrons. The molecular weight excluding hydrogens is 333 g/mol. The summed E-state index contributed by atoms with van der Waals surface area (Å²) >= 11 is 4.36. The van der Waals surface area contributed by atoms with E-state index in [2.05, 4.69) is 26.8 Å². The third kappa shape index (κ3) is 3.10. The molecule has 2 aromatic heterocycles. The van der Waals surface area contributed by atoms with Gasteiger partial charge in [0.25, 0.3) is 0 Å². The molecular formula is C10H14N5O5PS. The number of rotatable bonds is 4. The van der Waals surface area contributed by atoms with Crippen molar-refractivity contribution in [2.45, 2.75) is 24.9 Å². The lowest BCUT2D eigenvalue weighted by Crippen LogP contribution is -2.25. The minimum absolute atomic E-state index is 0.217. The van der Waals surface area contributed by atoms with Gasteiger partial charge in [-0.25, -0.2) is 15.0 Å². The Morgan fingerprint density at radius 3 is 2.95 bits per heavy atom. The van der Waals surface area contributed by atoms with Gasteiger partial charge < -0.3 is 29.9 Å². The molecule has 1 aliphatic heterocycles. The smallest absolute Gasteiger partial charge is 0.321 e. The molecule has 0 radical (unpaired) electrons. The number of hydrogen-bond donors (Lipinski definition) is 4. The van der Waals surface area contributed by atoms with Crippen LogP contribution >= 0.6 is 6.72 Å². The van der Waals surface area contributed by atoms with Crippen molar-refractivity contribution < 1.29 is 24.2 Å². The quantitative estimate of drug-likeness (QED) is 0.522. The predicted molar refractivity (Wildman–Crippen MR) is 78.9 cm³/mol. The van der Waals surface area contributed by atoms with Crippen molar-refractivity contribution in [3.05, 3.63) is 12.7 Å². The van der Waals surface area contributed by atoms with Crippen LogP contribution in [0, 0.1) is 0 Å². The summed E-state index contributed by atoms with van der Waals surface area (Å²) in [4.78, 5) is 30.2. The molecule has 0 saturated carbocycles. The summed E-state index contributed by atoms with van der Waals surface area (Å²) in [6.45, 7) is -4.00. The van der Waals surface area contributed by atoms with Crippen molar-refractivity contribution in [1.82, 2.24) is 19.5 Å². The second-order valence-electron chi connectivity index (χ2n) is 4.80. The van der Waals surface area contributed by atoms with E-state index in [-0.39, 0.29) is 18.8 Å². The molecule has 1 saturated heterocycles. The minimum atomic E-state index is -3.78. The van der Waals surface area contributed by atoms with Gasteiger partial charge in [0, 0.05) is 6.42 Å². The topological polar surface area (TPSA) is 149 Å². The van der Waals surface area contributed by atoms with Gasteiger partial charge in [-0.1, -0.05) is 0 Å². The van der Waals surface area contributed by atoms with Gasteiger partial charge in [0.1, 0.15) is 24.2 Å². The first kappa shape index (κ1) is 15.7. The number of imidazole rings is 1. The van der Waals surface area contributed by atoms with E-state index in [1.54, 1.807) is 4.57 Å². The van der Waals surface area contributed by atoms with E-state index < -0.39 is 25.2 Å². The number of aliphatic hydroxyl groups excluding tert-OH is 1. The molecule has 10 nitrogen and oxygen atoms in total. The molecule has 2 aromatic rings. The molecule has 0 aromatic carbocycles. The normalized spacial score (nSPS) is 25.9. The summed E-state index contributed by atoms with van der Waals surface area (Å²) in [6, 6.07) is 0. The maximum absolute atomic E-state index is 10.0. The Morgan fingerprint density at radius 1 is 1.45 bits per heavy atom. The number of fused-ring (bicyclic) bond motifs is 1. The lowest BCUT2D eigenvalue weighted by Gasteiger charge is -2.17. The zero-order valence-corrected chi connectivity index (χ0v) is 12.9. The van der Waals surface area contributed by atoms with Crippen molar-refractivity contribution in [3.8, 4) is 0 Å². The minimum Gasteiger partial charge on any atom is -0.390 e. The molecule has 1 fully saturated rings. The maximum Gasteiger partial charge on any atom is 0.321 e. The average molecular weight is 347 g/mol. The van der Waals surface area contributed by atoms with E-state index in [1.807, 2.05) is 0 Å². The number of nitrogens with two attached hydrogens (primary N) is 1. The highest BCUT2D eigenvalue weighted by Gasteiger charge is 2.36. The number of nitrogen functional groups attached to an aromatic ring is 1. The molecule has 0 aliphatic carbocycles. The number of nitrogens with zero attached hydrogens (tertiary/aromatic N) is 4. The van der Waals surface area contributed by atoms with E-state index in [9.17, 15) is 5.11 Å². The van der Waals surface area contributed by atoms with Crippen LogP contribution in [0.15, 0.2) is 12.7 Å². The number of hydrogen-bond acceptors (Lipinski definition) is 8. The lowest BCUT2D eigenvalue weighted by molar-refractivity contribution is -0.0399. The predicted octanol–water partition coefficient (Wildman–Crippen LogP) is -0.717. The molecule has 1 unspecified atom stereocenters. The SMILES string of the molecule is Nc1ncnc2c1ncn2[C@H]1C[C@@H](O)C(COP(O)(O)=S)O1. The van der Waals surface area contributed by atoms with Crippen LogP contribution in [0.25, 0.3) is 11.2 Å². The molecule has 0 bridgehead atoms. The molecule has 3 heterocycles. The second kappa shape index (κ2) is 5.78. The third-order valence-corrected chi connectivity index (χ3v) is 4.11. The van der Waals surface area contributed by atoms with Crippen molar-refractivity contribution in [2.75, 3.05) is 12.3 Å². The number of aromatic nitrogens is 4. The van der Waals surface area contributed by atoms with Gasteiger partial charge in [-0.05, 0) is 11.8 Å². The van der Waals surface area contributed by atoms with Crippen molar-refractivity contribution >= 4 is 35.5 Å². The zero-order chi connectivity index (χ0) is 15.9. The van der Waals surface area contributed by atoms with Gasteiger partial charge in [0.05, 0.1) is 19.0 Å².